The highest BCUT2D eigenvalue weighted by atomic mass is 19.1. The van der Waals surface area contributed by atoms with Crippen LogP contribution in [0.1, 0.15) is 11.3 Å². The van der Waals surface area contributed by atoms with Crippen molar-refractivity contribution in [2.75, 3.05) is 25.2 Å². The Morgan fingerprint density at radius 1 is 1.19 bits per heavy atom. The van der Waals surface area contributed by atoms with Gasteiger partial charge in [0.15, 0.2) is 17.4 Å². The summed E-state index contributed by atoms with van der Waals surface area (Å²) in [4.78, 5) is 22.4. The van der Waals surface area contributed by atoms with E-state index < -0.39 is 23.1 Å². The zero-order valence-corrected chi connectivity index (χ0v) is 17.5. The summed E-state index contributed by atoms with van der Waals surface area (Å²) < 4.78 is 46.8. The summed E-state index contributed by atoms with van der Waals surface area (Å²) in [6.07, 6.45) is 1.39. The van der Waals surface area contributed by atoms with Crippen molar-refractivity contribution in [3.8, 4) is 17.4 Å². The fourth-order valence-electron chi connectivity index (χ4n) is 3.82. The van der Waals surface area contributed by atoms with Crippen molar-refractivity contribution in [3.05, 3.63) is 69.9 Å². The lowest BCUT2D eigenvalue weighted by molar-refractivity contribution is -0.0557. The maximum atomic E-state index is 14.5. The van der Waals surface area contributed by atoms with Crippen LogP contribution in [0.15, 0.2) is 41.3 Å². The largest absolute Gasteiger partial charge is 0.473 e. The van der Waals surface area contributed by atoms with Gasteiger partial charge in [0.2, 0.25) is 5.88 Å². The maximum absolute atomic E-state index is 14.5. The topological polar surface area (TPSA) is 78.7 Å². The van der Waals surface area contributed by atoms with Crippen molar-refractivity contribution < 1.29 is 23.0 Å². The van der Waals surface area contributed by atoms with Gasteiger partial charge in [-0.1, -0.05) is 0 Å². The van der Waals surface area contributed by atoms with E-state index in [-0.39, 0.29) is 29.3 Å². The molecule has 0 amide bonds. The molecular formula is C22H20F2N4O4. The third-order valence-electron chi connectivity index (χ3n) is 5.76. The van der Waals surface area contributed by atoms with Crippen LogP contribution in [0, 0.1) is 18.6 Å². The zero-order chi connectivity index (χ0) is 22.5. The Kier molecular flexibility index (Phi) is 4.81. The number of aryl methyl sites for hydroxylation is 1. The van der Waals surface area contributed by atoms with Crippen LogP contribution in [0.5, 0.6) is 17.4 Å². The molecule has 0 aliphatic carbocycles. The number of fused-ring (bicyclic) bond motifs is 1. The van der Waals surface area contributed by atoms with E-state index in [1.165, 1.54) is 6.20 Å². The molecule has 5 rings (SSSR count). The number of benzene rings is 1. The minimum Gasteiger partial charge on any atom is -0.473 e. The van der Waals surface area contributed by atoms with Gasteiger partial charge < -0.3 is 19.1 Å². The van der Waals surface area contributed by atoms with Crippen molar-refractivity contribution in [2.45, 2.75) is 25.6 Å². The van der Waals surface area contributed by atoms with Gasteiger partial charge in [0.1, 0.15) is 23.7 Å². The molecule has 10 heteroatoms. The lowest BCUT2D eigenvalue weighted by Gasteiger charge is -2.43. The molecule has 2 aromatic heterocycles. The van der Waals surface area contributed by atoms with Gasteiger partial charge in [0.05, 0.1) is 26.0 Å². The molecule has 0 radical (unpaired) electrons. The number of nitrogens with zero attached hydrogens (tertiary/aromatic N) is 4. The third kappa shape index (κ3) is 3.46. The number of ether oxygens (including phenoxy) is 3. The first-order valence-corrected chi connectivity index (χ1v) is 9.99. The van der Waals surface area contributed by atoms with Gasteiger partial charge in [-0.3, -0.25) is 9.55 Å². The van der Waals surface area contributed by atoms with Crippen LogP contribution in [-0.2, 0) is 17.9 Å². The standard InChI is InChI=1S/C22H20F2N4O4/c1-13-3-4-15(8-25-13)32-20-16(23)5-14(6-17(20)24)9-31-18-7-19-27(2)22(11-30-12-22)10-28(19)21(29)26-18/h3-8H,9-12H2,1-2H3. The van der Waals surface area contributed by atoms with Crippen molar-refractivity contribution in [2.24, 2.45) is 0 Å². The minimum absolute atomic E-state index is 0.0808. The fourth-order valence-corrected chi connectivity index (χ4v) is 3.82. The molecule has 1 saturated heterocycles. The molecule has 2 aliphatic rings. The molecule has 8 nitrogen and oxygen atoms in total. The zero-order valence-electron chi connectivity index (χ0n) is 17.5. The first-order valence-electron chi connectivity index (χ1n) is 9.99. The number of likely N-dealkylation sites (N-methyl/N-ethyl adjacent to an activating group) is 1. The summed E-state index contributed by atoms with van der Waals surface area (Å²) in [6, 6.07) is 7.13. The number of hydrogen-bond donors (Lipinski definition) is 0. The monoisotopic (exact) mass is 442 g/mol. The van der Waals surface area contributed by atoms with Crippen molar-refractivity contribution in [1.82, 2.24) is 14.5 Å². The second-order valence-corrected chi connectivity index (χ2v) is 8.01. The van der Waals surface area contributed by atoms with E-state index in [1.807, 2.05) is 11.9 Å². The predicted octanol–water partition coefficient (Wildman–Crippen LogP) is 2.82. The molecule has 1 aromatic carbocycles. The van der Waals surface area contributed by atoms with Crippen LogP contribution in [0.4, 0.5) is 14.6 Å². The molecule has 32 heavy (non-hydrogen) atoms. The van der Waals surface area contributed by atoms with Gasteiger partial charge >= 0.3 is 5.69 Å². The molecule has 2 aliphatic heterocycles. The highest BCUT2D eigenvalue weighted by Crippen LogP contribution is 2.37. The van der Waals surface area contributed by atoms with E-state index in [1.54, 1.807) is 29.7 Å². The molecule has 1 fully saturated rings. The van der Waals surface area contributed by atoms with E-state index in [0.29, 0.717) is 25.6 Å². The van der Waals surface area contributed by atoms with E-state index in [9.17, 15) is 13.6 Å². The molecule has 166 valence electrons. The lowest BCUT2D eigenvalue weighted by atomic mass is 9.97. The van der Waals surface area contributed by atoms with Gasteiger partial charge in [-0.05, 0) is 36.8 Å². The van der Waals surface area contributed by atoms with Gasteiger partial charge in [-0.25, -0.2) is 13.6 Å². The van der Waals surface area contributed by atoms with Gasteiger partial charge in [-0.2, -0.15) is 4.98 Å². The molecule has 1 spiro atoms. The predicted molar refractivity (Wildman–Crippen MR) is 110 cm³/mol. The Hall–Kier alpha value is -3.53. The number of hydrogen-bond acceptors (Lipinski definition) is 7. The quantitative estimate of drug-likeness (QED) is 0.601. The van der Waals surface area contributed by atoms with E-state index in [2.05, 4.69) is 9.97 Å². The fraction of sp³-hybridized carbons (Fsp3) is 0.318. The highest BCUT2D eigenvalue weighted by Gasteiger charge is 2.49. The van der Waals surface area contributed by atoms with Crippen LogP contribution in [-0.4, -0.2) is 40.3 Å². The summed E-state index contributed by atoms with van der Waals surface area (Å²) in [6.45, 7) is 3.19. The van der Waals surface area contributed by atoms with E-state index in [4.69, 9.17) is 14.2 Å². The first kappa shape index (κ1) is 20.4. The molecule has 0 atom stereocenters. The van der Waals surface area contributed by atoms with Crippen molar-refractivity contribution in [1.29, 1.82) is 0 Å². The Morgan fingerprint density at radius 3 is 2.56 bits per heavy atom. The Labute approximate surface area is 182 Å². The van der Waals surface area contributed by atoms with E-state index >= 15 is 0 Å². The van der Waals surface area contributed by atoms with Crippen LogP contribution >= 0.6 is 0 Å². The molecule has 3 aromatic rings. The molecule has 0 N–H and O–H groups in total. The number of pyridine rings is 1. The van der Waals surface area contributed by atoms with Crippen LogP contribution < -0.4 is 20.1 Å². The van der Waals surface area contributed by atoms with Gasteiger partial charge in [0, 0.05) is 18.8 Å². The van der Waals surface area contributed by atoms with Crippen molar-refractivity contribution in [3.63, 3.8) is 0 Å². The highest BCUT2D eigenvalue weighted by molar-refractivity contribution is 5.49. The summed E-state index contributed by atoms with van der Waals surface area (Å²) >= 11 is 0. The molecule has 0 bridgehead atoms. The van der Waals surface area contributed by atoms with Crippen LogP contribution in [0.2, 0.25) is 0 Å². The Balaban J connectivity index is 1.32. The van der Waals surface area contributed by atoms with E-state index in [0.717, 1.165) is 17.8 Å². The number of aromatic nitrogens is 3. The second-order valence-electron chi connectivity index (χ2n) is 8.01. The molecule has 0 unspecified atom stereocenters. The number of anilines is 1. The summed E-state index contributed by atoms with van der Waals surface area (Å²) in [5.41, 5.74) is 0.310. The Bertz CT molecular complexity index is 1220. The summed E-state index contributed by atoms with van der Waals surface area (Å²) in [7, 11) is 1.89. The van der Waals surface area contributed by atoms with Crippen LogP contribution in [0.3, 0.4) is 0 Å². The third-order valence-corrected chi connectivity index (χ3v) is 5.76. The number of halogens is 2. The normalized spacial score (nSPS) is 16.1. The molecular weight excluding hydrogens is 422 g/mol. The SMILES string of the molecule is Cc1ccc(Oc2c(F)cc(COc3cc4n(c(=O)n3)CC3(COC3)N4C)cc2F)cn1. The van der Waals surface area contributed by atoms with Gasteiger partial charge in [-0.15, -0.1) is 0 Å². The first-order chi connectivity index (χ1) is 15.3. The average molecular weight is 442 g/mol. The lowest BCUT2D eigenvalue weighted by Crippen LogP contribution is -2.60. The molecule has 4 heterocycles. The maximum Gasteiger partial charge on any atom is 0.352 e. The number of rotatable bonds is 5. The van der Waals surface area contributed by atoms with Gasteiger partial charge in [0.25, 0.3) is 0 Å². The van der Waals surface area contributed by atoms with Crippen LogP contribution in [0.25, 0.3) is 0 Å². The second kappa shape index (κ2) is 7.56. The summed E-state index contributed by atoms with van der Waals surface area (Å²) in [5.74, 6) is -1.31. The summed E-state index contributed by atoms with van der Waals surface area (Å²) in [5, 5.41) is 0. The van der Waals surface area contributed by atoms with Crippen molar-refractivity contribution >= 4 is 5.82 Å². The smallest absolute Gasteiger partial charge is 0.352 e. The molecule has 0 saturated carbocycles. The Morgan fingerprint density at radius 2 is 1.94 bits per heavy atom. The minimum atomic E-state index is -0.877. The average Bonchev–Trinajstić information content (AvgIpc) is 3.04.